The van der Waals surface area contributed by atoms with Gasteiger partial charge < -0.3 is 5.32 Å². The second kappa shape index (κ2) is 5.03. The van der Waals surface area contributed by atoms with Gasteiger partial charge in [-0.1, -0.05) is 11.6 Å². The number of nitriles is 1. The monoisotopic (exact) mass is 261 g/mol. The van der Waals surface area contributed by atoms with Crippen LogP contribution < -0.4 is 5.32 Å². The van der Waals surface area contributed by atoms with Crippen LogP contribution in [0.25, 0.3) is 0 Å². The van der Waals surface area contributed by atoms with Gasteiger partial charge in [0.1, 0.15) is 11.6 Å². The van der Waals surface area contributed by atoms with Gasteiger partial charge in [-0.05, 0) is 37.3 Å². The van der Waals surface area contributed by atoms with Gasteiger partial charge in [-0.15, -0.1) is 0 Å². The van der Waals surface area contributed by atoms with Crippen LogP contribution in [0.3, 0.4) is 0 Å². The Hall–Kier alpha value is -2.12. The fourth-order valence-electron chi connectivity index (χ4n) is 1.53. The van der Waals surface area contributed by atoms with Crippen molar-refractivity contribution < 1.29 is 4.39 Å². The molecule has 0 aliphatic heterocycles. The molecule has 1 aromatic heterocycles. The predicted molar refractivity (Wildman–Crippen MR) is 68.4 cm³/mol. The summed E-state index contributed by atoms with van der Waals surface area (Å²) < 4.78 is 13.6. The van der Waals surface area contributed by atoms with E-state index in [0.717, 1.165) is 0 Å². The summed E-state index contributed by atoms with van der Waals surface area (Å²) in [5.74, 6) is -0.0444. The van der Waals surface area contributed by atoms with Crippen molar-refractivity contribution in [3.63, 3.8) is 0 Å². The van der Waals surface area contributed by atoms with Crippen molar-refractivity contribution >= 4 is 23.1 Å². The Morgan fingerprint density at radius 2 is 2.11 bits per heavy atom. The second-order valence-corrected chi connectivity index (χ2v) is 4.18. The Labute approximate surface area is 109 Å². The summed E-state index contributed by atoms with van der Waals surface area (Å²) in [6, 6.07) is 9.55. The maximum Gasteiger partial charge on any atom is 0.148 e. The Bertz CT molecular complexity index is 635. The zero-order chi connectivity index (χ0) is 13.1. The Morgan fingerprint density at radius 3 is 2.78 bits per heavy atom. The number of hydrogen-bond acceptors (Lipinski definition) is 3. The standard InChI is InChI=1S/C13H9ClFN3/c1-8-4-9(7-16)5-13(17-8)18-12-3-2-10(14)6-11(12)15/h2-6H,1H3,(H,17,18). The normalized spacial score (nSPS) is 9.89. The molecule has 3 nitrogen and oxygen atoms in total. The first-order valence-corrected chi connectivity index (χ1v) is 5.57. The molecule has 0 atom stereocenters. The van der Waals surface area contributed by atoms with Gasteiger partial charge >= 0.3 is 0 Å². The third kappa shape index (κ3) is 2.76. The maximum atomic E-state index is 13.6. The van der Waals surface area contributed by atoms with Crippen molar-refractivity contribution in [1.29, 1.82) is 5.26 Å². The summed E-state index contributed by atoms with van der Waals surface area (Å²) in [7, 11) is 0. The number of aromatic nitrogens is 1. The van der Waals surface area contributed by atoms with Gasteiger partial charge in [0, 0.05) is 10.7 Å². The Balaban J connectivity index is 2.34. The predicted octanol–water partition coefficient (Wildman–Crippen LogP) is 3.80. The number of halogens is 2. The molecule has 1 aromatic carbocycles. The molecule has 0 unspecified atom stereocenters. The minimum Gasteiger partial charge on any atom is -0.338 e. The number of nitrogens with zero attached hydrogens (tertiary/aromatic N) is 2. The highest BCUT2D eigenvalue weighted by Gasteiger charge is 2.05. The zero-order valence-corrected chi connectivity index (χ0v) is 10.3. The number of benzene rings is 1. The van der Waals surface area contributed by atoms with Crippen LogP contribution in [0.15, 0.2) is 30.3 Å². The molecular formula is C13H9ClFN3. The lowest BCUT2D eigenvalue weighted by Crippen LogP contribution is -1.98. The minimum atomic E-state index is -0.468. The average molecular weight is 262 g/mol. The molecule has 0 amide bonds. The molecule has 0 fully saturated rings. The third-order valence-electron chi connectivity index (χ3n) is 2.28. The van der Waals surface area contributed by atoms with Crippen molar-refractivity contribution in [1.82, 2.24) is 4.98 Å². The van der Waals surface area contributed by atoms with Crippen molar-refractivity contribution in [2.45, 2.75) is 6.92 Å². The number of aryl methyl sites for hydroxylation is 1. The topological polar surface area (TPSA) is 48.7 Å². The van der Waals surface area contributed by atoms with Gasteiger partial charge in [-0.2, -0.15) is 5.26 Å². The molecule has 18 heavy (non-hydrogen) atoms. The highest BCUT2D eigenvalue weighted by Crippen LogP contribution is 2.22. The molecule has 0 aliphatic carbocycles. The summed E-state index contributed by atoms with van der Waals surface area (Å²) in [5.41, 5.74) is 1.42. The Morgan fingerprint density at radius 1 is 1.33 bits per heavy atom. The van der Waals surface area contributed by atoms with Crippen LogP contribution in [0, 0.1) is 24.1 Å². The van der Waals surface area contributed by atoms with Crippen molar-refractivity contribution in [3.8, 4) is 6.07 Å². The molecule has 2 rings (SSSR count). The number of anilines is 2. The molecule has 0 aliphatic rings. The lowest BCUT2D eigenvalue weighted by atomic mass is 10.2. The van der Waals surface area contributed by atoms with Crippen molar-refractivity contribution in [3.05, 3.63) is 52.4 Å². The van der Waals surface area contributed by atoms with E-state index in [-0.39, 0.29) is 5.69 Å². The Kier molecular flexibility index (Phi) is 3.45. The smallest absolute Gasteiger partial charge is 0.148 e. The molecule has 0 saturated carbocycles. The van der Waals surface area contributed by atoms with Crippen LogP contribution >= 0.6 is 11.6 Å². The SMILES string of the molecule is Cc1cc(C#N)cc(Nc2ccc(Cl)cc2F)n1. The van der Waals surface area contributed by atoms with Crippen LogP contribution in [-0.4, -0.2) is 4.98 Å². The molecule has 0 spiro atoms. The summed E-state index contributed by atoms with van der Waals surface area (Å²) in [5, 5.41) is 12.0. The van der Waals surface area contributed by atoms with E-state index in [2.05, 4.69) is 10.3 Å². The first-order chi connectivity index (χ1) is 8.58. The number of nitrogens with one attached hydrogen (secondary N) is 1. The lowest BCUT2D eigenvalue weighted by Gasteiger charge is -2.08. The van der Waals surface area contributed by atoms with Crippen LogP contribution in [0.1, 0.15) is 11.3 Å². The zero-order valence-electron chi connectivity index (χ0n) is 9.54. The van der Waals surface area contributed by atoms with Gasteiger partial charge in [0.2, 0.25) is 0 Å². The van der Waals surface area contributed by atoms with Crippen LogP contribution in [0.2, 0.25) is 5.02 Å². The van der Waals surface area contributed by atoms with Gasteiger partial charge in [-0.3, -0.25) is 0 Å². The lowest BCUT2D eigenvalue weighted by molar-refractivity contribution is 0.632. The largest absolute Gasteiger partial charge is 0.338 e. The molecule has 1 N–H and O–H groups in total. The quantitative estimate of drug-likeness (QED) is 0.895. The highest BCUT2D eigenvalue weighted by molar-refractivity contribution is 6.30. The van der Waals surface area contributed by atoms with Gasteiger partial charge in [0.25, 0.3) is 0 Å². The van der Waals surface area contributed by atoms with E-state index < -0.39 is 5.82 Å². The van der Waals surface area contributed by atoms with E-state index in [1.807, 2.05) is 6.07 Å². The van der Waals surface area contributed by atoms with Crippen LogP contribution in [0.4, 0.5) is 15.9 Å². The first-order valence-electron chi connectivity index (χ1n) is 5.19. The van der Waals surface area contributed by atoms with Gasteiger partial charge in [0.15, 0.2) is 0 Å². The van der Waals surface area contributed by atoms with E-state index in [0.29, 0.717) is 22.1 Å². The van der Waals surface area contributed by atoms with E-state index in [1.54, 1.807) is 25.1 Å². The van der Waals surface area contributed by atoms with Gasteiger partial charge in [0.05, 0.1) is 17.3 Å². The number of rotatable bonds is 2. The fourth-order valence-corrected chi connectivity index (χ4v) is 1.68. The summed E-state index contributed by atoms with van der Waals surface area (Å²) in [6.07, 6.45) is 0. The third-order valence-corrected chi connectivity index (χ3v) is 2.51. The maximum absolute atomic E-state index is 13.6. The minimum absolute atomic E-state index is 0.265. The first kappa shape index (κ1) is 12.3. The van der Waals surface area contributed by atoms with E-state index in [9.17, 15) is 4.39 Å². The molecule has 0 saturated heterocycles. The fraction of sp³-hybridized carbons (Fsp3) is 0.0769. The number of pyridine rings is 1. The molecule has 0 bridgehead atoms. The van der Waals surface area contributed by atoms with Gasteiger partial charge in [-0.25, -0.2) is 9.37 Å². The molecular weight excluding hydrogens is 253 g/mol. The highest BCUT2D eigenvalue weighted by atomic mass is 35.5. The molecule has 2 aromatic rings. The van der Waals surface area contributed by atoms with Crippen molar-refractivity contribution in [2.75, 3.05) is 5.32 Å². The summed E-state index contributed by atoms with van der Waals surface area (Å²) in [4.78, 5) is 4.18. The van der Waals surface area contributed by atoms with E-state index >= 15 is 0 Å². The van der Waals surface area contributed by atoms with Crippen LogP contribution in [-0.2, 0) is 0 Å². The molecule has 1 heterocycles. The van der Waals surface area contributed by atoms with Crippen molar-refractivity contribution in [2.24, 2.45) is 0 Å². The van der Waals surface area contributed by atoms with E-state index in [4.69, 9.17) is 16.9 Å². The summed E-state index contributed by atoms with van der Waals surface area (Å²) >= 11 is 5.67. The van der Waals surface area contributed by atoms with Crippen LogP contribution in [0.5, 0.6) is 0 Å². The van der Waals surface area contributed by atoms with E-state index in [1.165, 1.54) is 12.1 Å². The molecule has 0 radical (unpaired) electrons. The molecule has 90 valence electrons. The second-order valence-electron chi connectivity index (χ2n) is 3.74. The molecule has 5 heteroatoms. The number of hydrogen-bond donors (Lipinski definition) is 1. The summed E-state index contributed by atoms with van der Waals surface area (Å²) in [6.45, 7) is 1.77. The average Bonchev–Trinajstić information content (AvgIpc) is 2.32.